The molecule has 2 aliphatic rings. The summed E-state index contributed by atoms with van der Waals surface area (Å²) in [6.45, 7) is 14.0. The topological polar surface area (TPSA) is 296 Å². The Morgan fingerprint density at radius 2 is 1.12 bits per heavy atom. The first-order valence-electron chi connectivity index (χ1n) is 21.3. The number of fused-ring (bicyclic) bond motifs is 2. The summed E-state index contributed by atoms with van der Waals surface area (Å²) in [4.78, 5) is 34.8. The average Bonchev–Trinajstić information content (AvgIpc) is 4.09. The number of nitrogens with one attached hydrogen (secondary N) is 2. The SMILES string of the molecule is COc1cc2c(cc1C(=O)Nc1cccc(-c3nnnn3[C@H](C)CO)n1)S(=O)(=O)N(C(C)(C)C)C2.C[C@H](CO)n1nnnc1-c1cccc(NC(=O)c2cc3c(cc2F)CN(C(C)(C)C)S3(=O)=O)n1. The van der Waals surface area contributed by atoms with Crippen molar-refractivity contribution in [2.45, 2.75) is 101 Å². The number of tetrazole rings is 2. The maximum absolute atomic E-state index is 14.8. The maximum atomic E-state index is 14.8. The van der Waals surface area contributed by atoms with Gasteiger partial charge in [0.05, 0.1) is 53.3 Å². The second-order valence-corrected chi connectivity index (χ2v) is 21.8. The van der Waals surface area contributed by atoms with Crippen LogP contribution in [-0.2, 0) is 33.1 Å². The number of rotatable bonds is 11. The van der Waals surface area contributed by atoms with E-state index in [-0.39, 0.29) is 70.9 Å². The zero-order valence-corrected chi connectivity index (χ0v) is 40.7. The van der Waals surface area contributed by atoms with Crippen LogP contribution in [-0.4, -0.2) is 129 Å². The summed E-state index contributed by atoms with van der Waals surface area (Å²) >= 11 is 0. The van der Waals surface area contributed by atoms with Crippen molar-refractivity contribution in [3.8, 4) is 28.8 Å². The van der Waals surface area contributed by atoms with Crippen LogP contribution in [0.15, 0.2) is 70.5 Å². The van der Waals surface area contributed by atoms with Crippen molar-refractivity contribution in [3.63, 3.8) is 0 Å². The summed E-state index contributed by atoms with van der Waals surface area (Å²) in [5.74, 6) is -1.11. The van der Waals surface area contributed by atoms with Crippen LogP contribution in [0, 0.1) is 5.82 Å². The summed E-state index contributed by atoms with van der Waals surface area (Å²) in [5.41, 5.74) is -0.101. The van der Waals surface area contributed by atoms with E-state index in [1.165, 1.54) is 37.2 Å². The number of nitrogens with zero attached hydrogens (tertiary/aromatic N) is 12. The molecule has 0 unspecified atom stereocenters. The Bertz CT molecular complexity index is 3170. The third kappa shape index (κ3) is 9.93. The van der Waals surface area contributed by atoms with Crippen LogP contribution in [0.3, 0.4) is 0 Å². The maximum Gasteiger partial charge on any atom is 0.260 e. The molecule has 366 valence electrons. The van der Waals surface area contributed by atoms with Crippen molar-refractivity contribution >= 4 is 43.5 Å². The Morgan fingerprint density at radius 3 is 1.54 bits per heavy atom. The van der Waals surface area contributed by atoms with Crippen molar-refractivity contribution in [3.05, 3.63) is 88.7 Å². The fourth-order valence-electron chi connectivity index (χ4n) is 7.45. The standard InChI is InChI=1S/C22H27N7O5S.C21H24FN7O4S/c1-13(12-30)29-20(25-26-27-29)16-7-6-8-19(23-16)24-21(31)15-10-18-14(9-17(15)34-5)11-28(22(2,3)4)35(18,32)33;1-12(11-30)29-19(25-26-27-29)16-6-5-7-18(23-16)24-20(31)14-9-17-13(8-15(14)22)10-28(21(2,3)4)34(17,32)33/h6-10,13,30H,11-12H2,1-5H3,(H,23,24,31);5-9,12,30H,10-11H2,1-4H3,(H,23,24,31)/t13-;12-/m11/s1. The number of benzene rings is 2. The molecule has 6 aromatic rings. The molecule has 0 fully saturated rings. The van der Waals surface area contributed by atoms with Crippen LogP contribution in [0.1, 0.15) is 99.3 Å². The first-order chi connectivity index (χ1) is 32.4. The van der Waals surface area contributed by atoms with Crippen LogP contribution in [0.2, 0.25) is 0 Å². The van der Waals surface area contributed by atoms with E-state index in [4.69, 9.17) is 4.74 Å². The molecule has 2 atom stereocenters. The van der Waals surface area contributed by atoms with Gasteiger partial charge in [-0.1, -0.05) is 12.1 Å². The third-order valence-corrected chi connectivity index (χ3v) is 15.5. The Labute approximate surface area is 396 Å². The van der Waals surface area contributed by atoms with Gasteiger partial charge in [-0.15, -0.1) is 10.2 Å². The lowest BCUT2D eigenvalue weighted by Gasteiger charge is -2.29. The zero-order chi connectivity index (χ0) is 50.4. The van der Waals surface area contributed by atoms with E-state index in [1.807, 2.05) is 20.8 Å². The van der Waals surface area contributed by atoms with Crippen LogP contribution >= 0.6 is 0 Å². The lowest BCUT2D eigenvalue weighted by Crippen LogP contribution is -2.41. The van der Waals surface area contributed by atoms with Gasteiger partial charge in [0.2, 0.25) is 31.7 Å². The Hall–Kier alpha value is -6.71. The highest BCUT2D eigenvalue weighted by molar-refractivity contribution is 7.89. The largest absolute Gasteiger partial charge is 0.496 e. The van der Waals surface area contributed by atoms with Gasteiger partial charge < -0.3 is 25.6 Å². The fourth-order valence-corrected chi connectivity index (χ4v) is 11.4. The lowest BCUT2D eigenvalue weighted by atomic mass is 10.1. The number of anilines is 2. The number of pyridine rings is 2. The monoisotopic (exact) mass is 990 g/mol. The quantitative estimate of drug-likeness (QED) is 0.143. The Morgan fingerprint density at radius 1 is 0.696 bits per heavy atom. The second kappa shape index (κ2) is 19.0. The molecule has 26 heteroatoms. The van der Waals surface area contributed by atoms with E-state index >= 15 is 0 Å². The molecule has 0 aliphatic carbocycles. The molecule has 8 rings (SSSR count). The number of aromatic nitrogens is 10. The van der Waals surface area contributed by atoms with E-state index in [0.29, 0.717) is 28.3 Å². The molecule has 4 aromatic heterocycles. The number of amides is 2. The number of aliphatic hydroxyl groups is 2. The molecule has 4 N–H and O–H groups in total. The predicted molar refractivity (Wildman–Crippen MR) is 246 cm³/mol. The van der Waals surface area contributed by atoms with Crippen molar-refractivity contribution < 1.29 is 45.8 Å². The summed E-state index contributed by atoms with van der Waals surface area (Å²) in [6.07, 6.45) is 0. The van der Waals surface area contributed by atoms with Gasteiger partial charge in [0.15, 0.2) is 0 Å². The number of sulfonamides is 2. The summed E-state index contributed by atoms with van der Waals surface area (Å²) < 4.78 is 78.0. The van der Waals surface area contributed by atoms with Crippen LogP contribution in [0.5, 0.6) is 5.75 Å². The number of methoxy groups -OCH3 is 1. The van der Waals surface area contributed by atoms with Gasteiger partial charge in [0.25, 0.3) is 11.8 Å². The van der Waals surface area contributed by atoms with Crippen molar-refractivity contribution in [2.24, 2.45) is 0 Å². The van der Waals surface area contributed by atoms with Gasteiger partial charge >= 0.3 is 0 Å². The normalized spacial score (nSPS) is 16.2. The number of aliphatic hydroxyl groups excluding tert-OH is 2. The van der Waals surface area contributed by atoms with Crippen molar-refractivity contribution in [2.75, 3.05) is 31.0 Å². The van der Waals surface area contributed by atoms with Gasteiger partial charge in [-0.05, 0) is 136 Å². The number of carbonyl (C=O) groups excluding carboxylic acids is 2. The van der Waals surface area contributed by atoms with Crippen LogP contribution in [0.25, 0.3) is 23.0 Å². The molecule has 69 heavy (non-hydrogen) atoms. The van der Waals surface area contributed by atoms with Crippen LogP contribution in [0.4, 0.5) is 16.0 Å². The van der Waals surface area contributed by atoms with E-state index in [2.05, 4.69) is 51.7 Å². The van der Waals surface area contributed by atoms with Gasteiger partial charge in [-0.25, -0.2) is 40.6 Å². The first kappa shape index (κ1) is 50.2. The minimum absolute atomic E-state index is 0.0323. The lowest BCUT2D eigenvalue weighted by molar-refractivity contribution is 0.101. The highest BCUT2D eigenvalue weighted by Gasteiger charge is 2.43. The van der Waals surface area contributed by atoms with Crippen LogP contribution < -0.4 is 15.4 Å². The van der Waals surface area contributed by atoms with Gasteiger partial charge in [-0.2, -0.15) is 8.61 Å². The summed E-state index contributed by atoms with van der Waals surface area (Å²) in [5, 5.41) is 46.9. The second-order valence-electron chi connectivity index (χ2n) is 18.1. The molecule has 6 heterocycles. The smallest absolute Gasteiger partial charge is 0.260 e. The molecule has 0 spiro atoms. The minimum Gasteiger partial charge on any atom is -0.496 e. The zero-order valence-electron chi connectivity index (χ0n) is 39.1. The number of ether oxygens (including phenoxy) is 1. The average molecular weight is 991 g/mol. The molecule has 0 radical (unpaired) electrons. The predicted octanol–water partition coefficient (Wildman–Crippen LogP) is 3.83. The number of hydrogen-bond acceptors (Lipinski definition) is 17. The molecule has 2 amide bonds. The third-order valence-electron chi connectivity index (χ3n) is 11.1. The molecule has 2 aliphatic heterocycles. The highest BCUT2D eigenvalue weighted by atomic mass is 32.2. The number of carbonyl (C=O) groups is 2. The van der Waals surface area contributed by atoms with E-state index in [9.17, 15) is 41.0 Å². The van der Waals surface area contributed by atoms with Gasteiger partial charge in [-0.3, -0.25) is 9.59 Å². The first-order valence-corrected chi connectivity index (χ1v) is 24.2. The summed E-state index contributed by atoms with van der Waals surface area (Å²) in [6, 6.07) is 14.0. The number of hydrogen-bond donors (Lipinski definition) is 4. The molecular weight excluding hydrogens is 940 g/mol. The van der Waals surface area contributed by atoms with E-state index in [0.717, 1.165) is 12.1 Å². The molecule has 2 aromatic carbocycles. The molecule has 0 bridgehead atoms. The van der Waals surface area contributed by atoms with E-state index in [1.54, 1.807) is 71.0 Å². The van der Waals surface area contributed by atoms with Gasteiger partial charge in [0, 0.05) is 24.2 Å². The molecule has 0 saturated carbocycles. The highest BCUT2D eigenvalue weighted by Crippen LogP contribution is 2.40. The molecular formula is C43H51FN14O9S2. The molecule has 0 saturated heterocycles. The summed E-state index contributed by atoms with van der Waals surface area (Å²) in [7, 11) is -6.23. The van der Waals surface area contributed by atoms with Crippen molar-refractivity contribution in [1.29, 1.82) is 0 Å². The molecule has 23 nitrogen and oxygen atoms in total. The number of halogens is 1. The minimum atomic E-state index is -3.88. The van der Waals surface area contributed by atoms with Gasteiger partial charge in [0.1, 0.15) is 34.6 Å². The van der Waals surface area contributed by atoms with E-state index < -0.39 is 60.4 Å². The fraction of sp³-hybridized carbons (Fsp3) is 0.395. The Balaban J connectivity index is 0.000000204. The Kier molecular flexibility index (Phi) is 13.8. The van der Waals surface area contributed by atoms with Crippen molar-refractivity contribution in [1.82, 2.24) is 59.0 Å².